The normalized spacial score (nSPS) is 12.7. The number of hydrogen-bond donors (Lipinski definition) is 1. The van der Waals surface area contributed by atoms with Crippen molar-refractivity contribution >= 4 is 11.6 Å². The third-order valence-corrected chi connectivity index (χ3v) is 2.81. The van der Waals surface area contributed by atoms with E-state index in [0.717, 1.165) is 11.3 Å². The molecule has 84 valence electrons. The molecule has 0 aromatic carbocycles. The molecule has 1 atom stereocenters. The first kappa shape index (κ1) is 11.1. The molecule has 1 N–H and O–H groups in total. The fraction of sp³-hybridized carbons (Fsp3) is 0.273. The highest BCUT2D eigenvalue weighted by molar-refractivity contribution is 6.31. The van der Waals surface area contributed by atoms with Crippen molar-refractivity contribution in [3.63, 3.8) is 0 Å². The maximum absolute atomic E-state index is 6.12. The lowest BCUT2D eigenvalue weighted by molar-refractivity contribution is 0.605. The lowest BCUT2D eigenvalue weighted by Crippen LogP contribution is -2.21. The zero-order chi connectivity index (χ0) is 11.5. The SMILES string of the molecule is CNC(c1cccnc1)c1c(Cl)cnn1C. The molecule has 0 aliphatic rings. The molecule has 0 bridgehead atoms. The van der Waals surface area contributed by atoms with Crippen LogP contribution in [0.2, 0.25) is 5.02 Å². The van der Waals surface area contributed by atoms with Crippen LogP contribution in [0, 0.1) is 0 Å². The first-order chi connectivity index (χ1) is 7.74. The second kappa shape index (κ2) is 4.63. The van der Waals surface area contributed by atoms with Gasteiger partial charge in [-0.1, -0.05) is 17.7 Å². The van der Waals surface area contributed by atoms with Gasteiger partial charge in [-0.2, -0.15) is 5.10 Å². The molecule has 2 heterocycles. The summed E-state index contributed by atoms with van der Waals surface area (Å²) >= 11 is 6.12. The van der Waals surface area contributed by atoms with Crippen molar-refractivity contribution in [1.29, 1.82) is 0 Å². The molecular weight excluding hydrogens is 224 g/mol. The van der Waals surface area contributed by atoms with Gasteiger partial charge < -0.3 is 5.32 Å². The van der Waals surface area contributed by atoms with Gasteiger partial charge >= 0.3 is 0 Å². The Bertz CT molecular complexity index is 447. The number of nitrogens with zero attached hydrogens (tertiary/aromatic N) is 3. The van der Waals surface area contributed by atoms with E-state index in [0.29, 0.717) is 5.02 Å². The Balaban J connectivity index is 2.45. The largest absolute Gasteiger partial charge is 0.308 e. The standard InChI is InChI=1S/C11H13ClN4/c1-13-10(8-4-3-5-14-6-8)11-9(12)7-15-16(11)2/h3-7,10,13H,1-2H3. The molecule has 5 heteroatoms. The van der Waals surface area contributed by atoms with Gasteiger partial charge in [-0.05, 0) is 18.7 Å². The van der Waals surface area contributed by atoms with Crippen LogP contribution in [0.5, 0.6) is 0 Å². The molecule has 2 rings (SSSR count). The third-order valence-electron chi connectivity index (χ3n) is 2.52. The van der Waals surface area contributed by atoms with E-state index in [2.05, 4.69) is 15.4 Å². The highest BCUT2D eigenvalue weighted by Gasteiger charge is 2.19. The molecule has 16 heavy (non-hydrogen) atoms. The van der Waals surface area contributed by atoms with Gasteiger partial charge in [0, 0.05) is 19.4 Å². The van der Waals surface area contributed by atoms with Crippen molar-refractivity contribution in [2.75, 3.05) is 7.05 Å². The fourth-order valence-electron chi connectivity index (χ4n) is 1.75. The molecule has 0 aliphatic carbocycles. The Kier molecular flexibility index (Phi) is 3.22. The fourth-order valence-corrected chi connectivity index (χ4v) is 2.03. The summed E-state index contributed by atoms with van der Waals surface area (Å²) in [5.41, 5.74) is 2.01. The average molecular weight is 237 g/mol. The van der Waals surface area contributed by atoms with E-state index >= 15 is 0 Å². The van der Waals surface area contributed by atoms with Crippen molar-refractivity contribution in [1.82, 2.24) is 20.1 Å². The predicted molar refractivity (Wildman–Crippen MR) is 63.4 cm³/mol. The van der Waals surface area contributed by atoms with Crippen molar-refractivity contribution in [3.05, 3.63) is 47.0 Å². The second-order valence-electron chi connectivity index (χ2n) is 3.51. The summed E-state index contributed by atoms with van der Waals surface area (Å²) in [7, 11) is 3.77. The minimum absolute atomic E-state index is 0.00806. The zero-order valence-corrected chi connectivity index (χ0v) is 9.94. The predicted octanol–water partition coefficient (Wildman–Crippen LogP) is 1.78. The summed E-state index contributed by atoms with van der Waals surface area (Å²) in [6.45, 7) is 0. The molecule has 0 saturated carbocycles. The molecule has 0 spiro atoms. The maximum Gasteiger partial charge on any atom is 0.0837 e. The summed E-state index contributed by atoms with van der Waals surface area (Å²) in [6, 6.07) is 3.93. The molecule has 2 aromatic rings. The van der Waals surface area contributed by atoms with Crippen molar-refractivity contribution in [2.45, 2.75) is 6.04 Å². The topological polar surface area (TPSA) is 42.7 Å². The Morgan fingerprint density at radius 2 is 2.25 bits per heavy atom. The first-order valence-corrected chi connectivity index (χ1v) is 5.36. The molecule has 0 fully saturated rings. The Morgan fingerprint density at radius 1 is 1.44 bits per heavy atom. The van der Waals surface area contributed by atoms with Crippen LogP contribution in [-0.2, 0) is 7.05 Å². The molecular formula is C11H13ClN4. The van der Waals surface area contributed by atoms with Gasteiger partial charge in [0.25, 0.3) is 0 Å². The van der Waals surface area contributed by atoms with Crippen LogP contribution in [0.3, 0.4) is 0 Å². The van der Waals surface area contributed by atoms with Crippen LogP contribution in [-0.4, -0.2) is 21.8 Å². The van der Waals surface area contributed by atoms with Gasteiger partial charge in [0.2, 0.25) is 0 Å². The van der Waals surface area contributed by atoms with E-state index in [1.54, 1.807) is 17.1 Å². The van der Waals surface area contributed by atoms with Gasteiger partial charge in [0.1, 0.15) is 0 Å². The summed E-state index contributed by atoms with van der Waals surface area (Å²) in [4.78, 5) is 4.11. The average Bonchev–Trinajstić information content (AvgIpc) is 2.63. The maximum atomic E-state index is 6.12. The van der Waals surface area contributed by atoms with E-state index in [4.69, 9.17) is 11.6 Å². The number of aromatic nitrogens is 3. The molecule has 0 saturated heterocycles. The number of pyridine rings is 1. The van der Waals surface area contributed by atoms with Gasteiger partial charge in [0.05, 0.1) is 23.0 Å². The molecule has 1 unspecified atom stereocenters. The van der Waals surface area contributed by atoms with Crippen LogP contribution in [0.15, 0.2) is 30.7 Å². The third kappa shape index (κ3) is 1.94. The van der Waals surface area contributed by atoms with Crippen LogP contribution < -0.4 is 5.32 Å². The zero-order valence-electron chi connectivity index (χ0n) is 9.18. The Labute approximate surface area is 99.3 Å². The summed E-state index contributed by atoms with van der Waals surface area (Å²) in [5, 5.41) is 8.01. The van der Waals surface area contributed by atoms with E-state index in [9.17, 15) is 0 Å². The highest BCUT2D eigenvalue weighted by Crippen LogP contribution is 2.26. The quantitative estimate of drug-likeness (QED) is 0.884. The minimum atomic E-state index is 0.00806. The first-order valence-electron chi connectivity index (χ1n) is 4.98. The van der Waals surface area contributed by atoms with Crippen molar-refractivity contribution < 1.29 is 0 Å². The van der Waals surface area contributed by atoms with Gasteiger partial charge in [-0.15, -0.1) is 0 Å². The van der Waals surface area contributed by atoms with E-state index in [1.807, 2.05) is 32.4 Å². The highest BCUT2D eigenvalue weighted by atomic mass is 35.5. The van der Waals surface area contributed by atoms with Crippen LogP contribution in [0.25, 0.3) is 0 Å². The smallest absolute Gasteiger partial charge is 0.0837 e. The lowest BCUT2D eigenvalue weighted by Gasteiger charge is -2.17. The molecule has 0 aliphatic heterocycles. The molecule has 2 aromatic heterocycles. The lowest BCUT2D eigenvalue weighted by atomic mass is 10.1. The van der Waals surface area contributed by atoms with Crippen molar-refractivity contribution in [2.24, 2.45) is 7.05 Å². The number of hydrogen-bond acceptors (Lipinski definition) is 3. The van der Waals surface area contributed by atoms with E-state index < -0.39 is 0 Å². The van der Waals surface area contributed by atoms with Crippen LogP contribution in [0.4, 0.5) is 0 Å². The van der Waals surface area contributed by atoms with Gasteiger partial charge in [-0.3, -0.25) is 9.67 Å². The Hall–Kier alpha value is -1.39. The number of nitrogens with one attached hydrogen (secondary N) is 1. The monoisotopic (exact) mass is 236 g/mol. The number of halogens is 1. The van der Waals surface area contributed by atoms with Gasteiger partial charge in [-0.25, -0.2) is 0 Å². The van der Waals surface area contributed by atoms with Crippen molar-refractivity contribution in [3.8, 4) is 0 Å². The molecule has 4 nitrogen and oxygen atoms in total. The molecule has 0 amide bonds. The van der Waals surface area contributed by atoms with Crippen LogP contribution in [0.1, 0.15) is 17.3 Å². The number of aryl methyl sites for hydroxylation is 1. The number of rotatable bonds is 3. The summed E-state index contributed by atoms with van der Waals surface area (Å²) in [5.74, 6) is 0. The van der Waals surface area contributed by atoms with E-state index in [-0.39, 0.29) is 6.04 Å². The van der Waals surface area contributed by atoms with Crippen LogP contribution >= 0.6 is 11.6 Å². The summed E-state index contributed by atoms with van der Waals surface area (Å²) in [6.07, 6.45) is 5.23. The Morgan fingerprint density at radius 3 is 2.75 bits per heavy atom. The van der Waals surface area contributed by atoms with E-state index in [1.165, 1.54) is 0 Å². The van der Waals surface area contributed by atoms with Gasteiger partial charge in [0.15, 0.2) is 0 Å². The second-order valence-corrected chi connectivity index (χ2v) is 3.92. The molecule has 0 radical (unpaired) electrons. The minimum Gasteiger partial charge on any atom is -0.308 e. The summed E-state index contributed by atoms with van der Waals surface area (Å²) < 4.78 is 1.77.